The van der Waals surface area contributed by atoms with Gasteiger partial charge in [0.25, 0.3) is 0 Å². The van der Waals surface area contributed by atoms with Crippen molar-refractivity contribution >= 4 is 54.9 Å². The molecule has 194 valence electrons. The number of hydrogen-bond acceptors (Lipinski definition) is 6. The first-order valence-corrected chi connectivity index (χ1v) is 14.3. The Kier molecular flexibility index (Phi) is 7.48. The molecule has 8 nitrogen and oxygen atoms in total. The maximum absolute atomic E-state index is 13.4. The molecule has 5 rings (SSSR count). The summed E-state index contributed by atoms with van der Waals surface area (Å²) in [4.78, 5) is 21.1. The number of H-pyrrole nitrogens is 1. The van der Waals surface area contributed by atoms with Crippen LogP contribution in [0.5, 0.6) is 5.75 Å². The van der Waals surface area contributed by atoms with Crippen molar-refractivity contribution in [3.63, 3.8) is 0 Å². The van der Waals surface area contributed by atoms with E-state index < -0.39 is 22.0 Å². The molecule has 1 unspecified atom stereocenters. The number of ether oxygens (including phenoxy) is 1. The molecule has 0 saturated heterocycles. The number of benzene rings is 3. The average molecular weight is 567 g/mol. The van der Waals surface area contributed by atoms with E-state index in [4.69, 9.17) is 16.3 Å². The van der Waals surface area contributed by atoms with Gasteiger partial charge in [-0.05, 0) is 66.6 Å². The third kappa shape index (κ3) is 5.73. The van der Waals surface area contributed by atoms with Gasteiger partial charge in [-0.2, -0.15) is 4.72 Å². The maximum Gasteiger partial charge on any atom is 0.244 e. The number of fused-ring (bicyclic) bond motifs is 1. The number of aromatic amines is 1. The van der Waals surface area contributed by atoms with Crippen LogP contribution in [0.4, 0.5) is 5.13 Å². The Labute approximate surface area is 228 Å². The number of methoxy groups -OCH3 is 1. The highest BCUT2D eigenvalue weighted by molar-refractivity contribution is 7.89. The lowest BCUT2D eigenvalue weighted by Gasteiger charge is -2.18. The quantitative estimate of drug-likeness (QED) is 0.219. The normalized spacial score (nSPS) is 12.4. The van der Waals surface area contributed by atoms with Gasteiger partial charge in [0.1, 0.15) is 11.8 Å². The number of anilines is 1. The van der Waals surface area contributed by atoms with Crippen molar-refractivity contribution < 1.29 is 17.9 Å². The molecule has 3 aromatic carbocycles. The molecule has 0 bridgehead atoms. The van der Waals surface area contributed by atoms with E-state index in [9.17, 15) is 13.2 Å². The van der Waals surface area contributed by atoms with E-state index in [1.807, 2.05) is 53.9 Å². The summed E-state index contributed by atoms with van der Waals surface area (Å²) in [5, 5.41) is 6.28. The molecule has 2 aromatic heterocycles. The first-order valence-electron chi connectivity index (χ1n) is 11.6. The Morgan fingerprint density at radius 1 is 1.08 bits per heavy atom. The number of sulfonamides is 1. The molecular formula is C27H23ClN4O4S2. The number of aromatic nitrogens is 2. The number of carbonyl (C=O) groups is 1. The lowest BCUT2D eigenvalue weighted by molar-refractivity contribution is -0.117. The molecule has 3 N–H and O–H groups in total. The Balaban J connectivity index is 1.40. The molecule has 0 fully saturated rings. The summed E-state index contributed by atoms with van der Waals surface area (Å²) in [5.74, 6) is 0.203. The highest BCUT2D eigenvalue weighted by Crippen LogP contribution is 2.27. The molecule has 0 saturated carbocycles. The Bertz CT molecular complexity index is 1680. The number of amides is 1. The van der Waals surface area contributed by atoms with Gasteiger partial charge in [-0.15, -0.1) is 11.3 Å². The van der Waals surface area contributed by atoms with Gasteiger partial charge in [-0.3, -0.25) is 4.79 Å². The standard InChI is InChI=1S/C27H23ClN4O4S2/c1-36-20-10-6-17(7-11-20)25-16-37-27(30-25)31-26(33)24(14-18-15-29-23-5-3-2-4-22(18)23)32-38(34,35)21-12-8-19(28)9-13-21/h2-13,15-16,24,29,32H,14H2,1H3,(H,30,31,33). The minimum absolute atomic E-state index is 0.00895. The molecule has 0 aliphatic heterocycles. The molecule has 11 heteroatoms. The number of carbonyl (C=O) groups excluding carboxylic acids is 1. The lowest BCUT2D eigenvalue weighted by Crippen LogP contribution is -2.45. The summed E-state index contributed by atoms with van der Waals surface area (Å²) in [6.45, 7) is 0. The van der Waals surface area contributed by atoms with Gasteiger partial charge in [-0.1, -0.05) is 29.8 Å². The van der Waals surface area contributed by atoms with Crippen molar-refractivity contribution in [2.45, 2.75) is 17.4 Å². The van der Waals surface area contributed by atoms with Gasteiger partial charge in [-0.25, -0.2) is 13.4 Å². The summed E-state index contributed by atoms with van der Waals surface area (Å²) in [6, 6.07) is 19.7. The summed E-state index contributed by atoms with van der Waals surface area (Å²) < 4.78 is 34.1. The van der Waals surface area contributed by atoms with Crippen LogP contribution in [0.25, 0.3) is 22.2 Å². The summed E-state index contributed by atoms with van der Waals surface area (Å²) in [6.07, 6.45) is 1.91. The van der Waals surface area contributed by atoms with Crippen LogP contribution in [-0.2, 0) is 21.2 Å². The third-order valence-electron chi connectivity index (χ3n) is 5.96. The van der Waals surface area contributed by atoms with Crippen molar-refractivity contribution in [1.82, 2.24) is 14.7 Å². The van der Waals surface area contributed by atoms with Gasteiger partial charge in [0.2, 0.25) is 15.9 Å². The maximum atomic E-state index is 13.4. The second kappa shape index (κ2) is 11.0. The van der Waals surface area contributed by atoms with Gasteiger partial charge in [0.05, 0.1) is 17.7 Å². The summed E-state index contributed by atoms with van der Waals surface area (Å²) in [7, 11) is -2.43. The first kappa shape index (κ1) is 25.9. The second-order valence-corrected chi connectivity index (χ2v) is 11.5. The van der Waals surface area contributed by atoms with Crippen LogP contribution in [0, 0.1) is 0 Å². The third-order valence-corrected chi connectivity index (χ3v) is 8.45. The van der Waals surface area contributed by atoms with Crippen molar-refractivity contribution in [3.05, 3.63) is 95.0 Å². The minimum atomic E-state index is -4.02. The fourth-order valence-corrected chi connectivity index (χ4v) is 6.04. The largest absolute Gasteiger partial charge is 0.497 e. The SMILES string of the molecule is COc1ccc(-c2csc(NC(=O)C(Cc3c[nH]c4ccccc34)NS(=O)(=O)c3ccc(Cl)cc3)n2)cc1. The van der Waals surface area contributed by atoms with Crippen molar-refractivity contribution in [1.29, 1.82) is 0 Å². The molecule has 5 aromatic rings. The topological polar surface area (TPSA) is 113 Å². The van der Waals surface area contributed by atoms with Gasteiger partial charge >= 0.3 is 0 Å². The number of para-hydroxylation sites is 1. The van der Waals surface area contributed by atoms with Crippen LogP contribution in [-0.4, -0.2) is 37.4 Å². The second-order valence-electron chi connectivity index (χ2n) is 8.45. The fourth-order valence-electron chi connectivity index (χ4n) is 4.00. The molecule has 1 atom stereocenters. The Morgan fingerprint density at radius 3 is 2.55 bits per heavy atom. The number of hydrogen-bond donors (Lipinski definition) is 3. The van der Waals surface area contributed by atoms with E-state index in [0.717, 1.165) is 27.8 Å². The van der Waals surface area contributed by atoms with Crippen LogP contribution >= 0.6 is 22.9 Å². The van der Waals surface area contributed by atoms with Crippen molar-refractivity contribution in [3.8, 4) is 17.0 Å². The van der Waals surface area contributed by atoms with Crippen molar-refractivity contribution in [2.24, 2.45) is 0 Å². The summed E-state index contributed by atoms with van der Waals surface area (Å²) >= 11 is 7.18. The monoisotopic (exact) mass is 566 g/mol. The molecule has 0 aliphatic carbocycles. The molecule has 0 spiro atoms. The lowest BCUT2D eigenvalue weighted by atomic mass is 10.1. The van der Waals surface area contributed by atoms with E-state index in [1.165, 1.54) is 35.6 Å². The number of nitrogens with zero attached hydrogens (tertiary/aromatic N) is 1. The zero-order valence-electron chi connectivity index (χ0n) is 20.1. The van der Waals surface area contributed by atoms with E-state index in [-0.39, 0.29) is 11.3 Å². The smallest absolute Gasteiger partial charge is 0.244 e. The number of thiazole rings is 1. The van der Waals surface area contributed by atoms with E-state index in [2.05, 4.69) is 20.0 Å². The van der Waals surface area contributed by atoms with Crippen molar-refractivity contribution in [2.75, 3.05) is 12.4 Å². The van der Waals surface area contributed by atoms with Crippen LogP contribution in [0.15, 0.2) is 89.3 Å². The van der Waals surface area contributed by atoms with E-state index in [0.29, 0.717) is 15.8 Å². The van der Waals surface area contributed by atoms with Crippen LogP contribution in [0.2, 0.25) is 5.02 Å². The number of nitrogens with one attached hydrogen (secondary N) is 3. The van der Waals surface area contributed by atoms with Crippen LogP contribution in [0.1, 0.15) is 5.56 Å². The van der Waals surface area contributed by atoms with Gasteiger partial charge < -0.3 is 15.0 Å². The number of rotatable bonds is 9. The highest BCUT2D eigenvalue weighted by atomic mass is 35.5. The molecule has 0 aliphatic rings. The average Bonchev–Trinajstić information content (AvgIpc) is 3.56. The Morgan fingerprint density at radius 2 is 1.82 bits per heavy atom. The Hall–Kier alpha value is -3.70. The molecule has 2 heterocycles. The summed E-state index contributed by atoms with van der Waals surface area (Å²) in [5.41, 5.74) is 3.24. The molecular weight excluding hydrogens is 544 g/mol. The van der Waals surface area contributed by atoms with Crippen LogP contribution < -0.4 is 14.8 Å². The van der Waals surface area contributed by atoms with E-state index >= 15 is 0 Å². The number of halogens is 1. The predicted molar refractivity (Wildman–Crippen MR) is 150 cm³/mol. The van der Waals surface area contributed by atoms with Gasteiger partial charge in [0.15, 0.2) is 5.13 Å². The van der Waals surface area contributed by atoms with E-state index in [1.54, 1.807) is 13.3 Å². The highest BCUT2D eigenvalue weighted by Gasteiger charge is 2.28. The molecule has 38 heavy (non-hydrogen) atoms. The zero-order valence-corrected chi connectivity index (χ0v) is 22.5. The van der Waals surface area contributed by atoms with Crippen LogP contribution in [0.3, 0.4) is 0 Å². The zero-order chi connectivity index (χ0) is 26.7. The molecule has 0 radical (unpaired) electrons. The predicted octanol–water partition coefficient (Wildman–Crippen LogP) is 5.48. The molecule has 1 amide bonds. The van der Waals surface area contributed by atoms with Gasteiger partial charge in [0, 0.05) is 33.1 Å². The first-order chi connectivity index (χ1) is 18.3. The minimum Gasteiger partial charge on any atom is -0.497 e. The fraction of sp³-hybridized carbons (Fsp3) is 0.111.